The Bertz CT molecular complexity index is 767. The lowest BCUT2D eigenvalue weighted by molar-refractivity contribution is -0.135. The molecule has 0 saturated heterocycles. The lowest BCUT2D eigenvalue weighted by Crippen LogP contribution is -2.55. The summed E-state index contributed by atoms with van der Waals surface area (Å²) >= 11 is 0. The van der Waals surface area contributed by atoms with Crippen molar-refractivity contribution in [1.82, 2.24) is 5.32 Å². The normalized spacial score (nSPS) is 43.9. The highest BCUT2D eigenvalue weighted by molar-refractivity contribution is 5.77. The van der Waals surface area contributed by atoms with Gasteiger partial charge in [0.05, 0.1) is 18.4 Å². The number of aliphatic hydroxyl groups is 1. The van der Waals surface area contributed by atoms with E-state index in [0.717, 1.165) is 42.6 Å². The maximum atomic E-state index is 11.5. The summed E-state index contributed by atoms with van der Waals surface area (Å²) in [5.41, 5.74) is 6.44. The van der Waals surface area contributed by atoms with Gasteiger partial charge in [0.15, 0.2) is 5.96 Å². The summed E-state index contributed by atoms with van der Waals surface area (Å²) in [6, 6.07) is 0. The van der Waals surface area contributed by atoms with E-state index in [0.29, 0.717) is 29.9 Å². The molecule has 0 aliphatic heterocycles. The number of hydrogen-bond donors (Lipinski definition) is 4. The third-order valence-corrected chi connectivity index (χ3v) is 9.88. The Morgan fingerprint density at radius 1 is 1.16 bits per heavy atom. The van der Waals surface area contributed by atoms with Crippen LogP contribution in [0.3, 0.4) is 0 Å². The Morgan fingerprint density at radius 2 is 1.97 bits per heavy atom. The Morgan fingerprint density at radius 3 is 2.75 bits per heavy atom. The molecule has 0 heterocycles. The number of hydrogen-bond acceptors (Lipinski definition) is 4. The molecule has 6 heteroatoms. The lowest BCUT2D eigenvalue weighted by atomic mass is 9.44. The average molecular weight is 445 g/mol. The maximum Gasteiger partial charge on any atom is 0.185 e. The van der Waals surface area contributed by atoms with Crippen molar-refractivity contribution in [2.75, 3.05) is 13.2 Å². The molecule has 0 aromatic heterocycles. The highest BCUT2D eigenvalue weighted by Crippen LogP contribution is 2.66. The molecule has 0 aromatic carbocycles. The van der Waals surface area contributed by atoms with Crippen molar-refractivity contribution >= 4 is 12.2 Å². The second-order valence-corrected chi connectivity index (χ2v) is 11.8. The van der Waals surface area contributed by atoms with Crippen molar-refractivity contribution in [1.29, 1.82) is 5.41 Å². The first-order chi connectivity index (χ1) is 15.2. The van der Waals surface area contributed by atoms with Gasteiger partial charge in [-0.15, -0.1) is 0 Å². The van der Waals surface area contributed by atoms with E-state index in [4.69, 9.17) is 16.0 Å². The van der Waals surface area contributed by atoms with Gasteiger partial charge in [-0.25, -0.2) is 0 Å². The van der Waals surface area contributed by atoms with Crippen LogP contribution in [0.4, 0.5) is 0 Å². The van der Waals surface area contributed by atoms with Gasteiger partial charge in [-0.1, -0.05) is 25.4 Å². The van der Waals surface area contributed by atoms with E-state index >= 15 is 0 Å². The zero-order valence-corrected chi connectivity index (χ0v) is 20.3. The summed E-state index contributed by atoms with van der Waals surface area (Å²) in [6.45, 7) is 7.91. The minimum absolute atomic E-state index is 0.0697. The first-order valence-corrected chi connectivity index (χ1v) is 12.8. The van der Waals surface area contributed by atoms with Crippen molar-refractivity contribution in [2.45, 2.75) is 90.6 Å². The van der Waals surface area contributed by atoms with Crippen LogP contribution in [0.5, 0.6) is 0 Å². The minimum Gasteiger partial charge on any atom is -0.394 e. The first-order valence-electron chi connectivity index (χ1n) is 12.8. The van der Waals surface area contributed by atoms with Crippen LogP contribution in [0.15, 0.2) is 16.8 Å². The summed E-state index contributed by atoms with van der Waals surface area (Å²) in [7, 11) is 0. The maximum absolute atomic E-state index is 11.5. The SMILES string of the molecule is CC(C=NOCCNC(=N)N)=C[C@]1(O)CC[C@@]2(C)[C@H](CC[C@H]3[C@@H]4CCC[C@@]4(C)CC[C@@H]32)C1. The van der Waals surface area contributed by atoms with Gasteiger partial charge in [0.1, 0.15) is 6.61 Å². The van der Waals surface area contributed by atoms with E-state index < -0.39 is 5.60 Å². The topological polar surface area (TPSA) is 104 Å². The molecule has 0 radical (unpaired) electrons. The molecular formula is C26H44N4O2. The van der Waals surface area contributed by atoms with Gasteiger partial charge < -0.3 is 21.0 Å². The van der Waals surface area contributed by atoms with E-state index in [9.17, 15) is 5.11 Å². The quantitative estimate of drug-likeness (QED) is 0.208. The number of nitrogens with two attached hydrogens (primary N) is 1. The number of nitrogens with one attached hydrogen (secondary N) is 2. The number of allylic oxidation sites excluding steroid dienone is 1. The van der Waals surface area contributed by atoms with E-state index in [1.165, 1.54) is 44.9 Å². The third-order valence-electron chi connectivity index (χ3n) is 9.88. The fourth-order valence-electron chi connectivity index (χ4n) is 8.26. The Hall–Kier alpha value is -1.56. The molecule has 6 nitrogen and oxygen atoms in total. The van der Waals surface area contributed by atoms with Crippen molar-refractivity contribution < 1.29 is 9.94 Å². The monoisotopic (exact) mass is 444 g/mol. The lowest BCUT2D eigenvalue weighted by Gasteiger charge is -2.61. The van der Waals surface area contributed by atoms with Crippen LogP contribution in [0.2, 0.25) is 0 Å². The standard InChI is InChI=1S/C26H44N4O2/c1-18(17-30-32-14-13-29-23(27)28)15-26(31)12-11-25(3)19(16-26)6-7-20-21-5-4-9-24(21,2)10-8-22(20)25/h15,17,19-22,31H,4-14,16H2,1-3H3,(H4,27,28,29)/t19-,20+,21+,22+,24+,25+,26-/m1/s1. The van der Waals surface area contributed by atoms with Gasteiger partial charge >= 0.3 is 0 Å². The van der Waals surface area contributed by atoms with E-state index in [1.807, 2.05) is 13.0 Å². The molecule has 32 heavy (non-hydrogen) atoms. The van der Waals surface area contributed by atoms with Crippen LogP contribution >= 0.6 is 0 Å². The minimum atomic E-state index is -0.736. The van der Waals surface area contributed by atoms with Gasteiger partial charge in [0, 0.05) is 0 Å². The molecule has 180 valence electrons. The van der Waals surface area contributed by atoms with Crippen molar-refractivity contribution in [3.63, 3.8) is 0 Å². The van der Waals surface area contributed by atoms with Gasteiger partial charge in [0.25, 0.3) is 0 Å². The molecule has 0 amide bonds. The van der Waals surface area contributed by atoms with Crippen molar-refractivity contribution in [3.8, 4) is 0 Å². The second kappa shape index (κ2) is 9.00. The van der Waals surface area contributed by atoms with Crippen LogP contribution in [0, 0.1) is 39.9 Å². The van der Waals surface area contributed by atoms with Crippen LogP contribution in [-0.2, 0) is 4.84 Å². The number of nitrogens with zero attached hydrogens (tertiary/aromatic N) is 1. The third kappa shape index (κ3) is 4.57. The molecule has 0 spiro atoms. The molecule has 4 aliphatic carbocycles. The highest BCUT2D eigenvalue weighted by Gasteiger charge is 2.59. The van der Waals surface area contributed by atoms with Crippen LogP contribution < -0.4 is 11.1 Å². The van der Waals surface area contributed by atoms with Crippen LogP contribution in [0.1, 0.15) is 85.0 Å². The molecule has 4 rings (SSSR count). The Labute approximate surface area is 193 Å². The summed E-state index contributed by atoms with van der Waals surface area (Å²) in [6.07, 6.45) is 16.4. The van der Waals surface area contributed by atoms with Gasteiger partial charge in [-0.3, -0.25) is 5.41 Å². The predicted molar refractivity (Wildman–Crippen MR) is 129 cm³/mol. The van der Waals surface area contributed by atoms with Gasteiger partial charge in [-0.2, -0.15) is 0 Å². The molecule has 4 aliphatic rings. The zero-order chi connectivity index (χ0) is 23.0. The van der Waals surface area contributed by atoms with Crippen molar-refractivity contribution in [2.24, 2.45) is 45.4 Å². The number of rotatable bonds is 6. The molecule has 5 N–H and O–H groups in total. The van der Waals surface area contributed by atoms with E-state index in [-0.39, 0.29) is 5.96 Å². The predicted octanol–water partition coefficient (Wildman–Crippen LogP) is 4.58. The van der Waals surface area contributed by atoms with Gasteiger partial charge in [-0.05, 0) is 111 Å². The fourth-order valence-corrected chi connectivity index (χ4v) is 8.26. The summed E-state index contributed by atoms with van der Waals surface area (Å²) in [5, 5.41) is 25.2. The molecule has 7 atom stereocenters. The molecule has 4 fully saturated rings. The average Bonchev–Trinajstić information content (AvgIpc) is 3.13. The van der Waals surface area contributed by atoms with Gasteiger partial charge in [0.2, 0.25) is 0 Å². The number of fused-ring (bicyclic) bond motifs is 5. The highest BCUT2D eigenvalue weighted by atomic mass is 16.6. The van der Waals surface area contributed by atoms with Crippen LogP contribution in [0.25, 0.3) is 0 Å². The number of guanidine groups is 1. The number of oxime groups is 1. The van der Waals surface area contributed by atoms with Crippen LogP contribution in [-0.4, -0.2) is 36.0 Å². The molecule has 4 saturated carbocycles. The molecule has 0 aromatic rings. The summed E-state index contributed by atoms with van der Waals surface area (Å²) in [5.74, 6) is 3.26. The summed E-state index contributed by atoms with van der Waals surface area (Å²) in [4.78, 5) is 5.21. The fraction of sp³-hybridized carbons (Fsp3) is 0.846. The molecule has 0 unspecified atom stereocenters. The Kier molecular flexibility index (Phi) is 6.63. The van der Waals surface area contributed by atoms with Crippen molar-refractivity contribution in [3.05, 3.63) is 11.6 Å². The molecule has 0 bridgehead atoms. The largest absolute Gasteiger partial charge is 0.394 e. The zero-order valence-electron chi connectivity index (χ0n) is 20.3. The first kappa shape index (κ1) is 23.6. The summed E-state index contributed by atoms with van der Waals surface area (Å²) < 4.78 is 0. The van der Waals surface area contributed by atoms with E-state index in [2.05, 4.69) is 24.3 Å². The van der Waals surface area contributed by atoms with E-state index in [1.54, 1.807) is 6.21 Å². The smallest absolute Gasteiger partial charge is 0.185 e. The Balaban J connectivity index is 1.36. The second-order valence-electron chi connectivity index (χ2n) is 11.8. The molecular weight excluding hydrogens is 400 g/mol.